The number of benzene rings is 1. The van der Waals surface area contributed by atoms with Gasteiger partial charge in [-0.05, 0) is 31.4 Å². The number of hydrogen-bond acceptors (Lipinski definition) is 2. The van der Waals surface area contributed by atoms with Crippen LogP contribution in [0.25, 0.3) is 22.5 Å². The van der Waals surface area contributed by atoms with Gasteiger partial charge in [-0.3, -0.25) is 4.79 Å². The first-order valence-electron chi connectivity index (χ1n) is 10.3. The fourth-order valence-electron chi connectivity index (χ4n) is 3.59. The molecule has 1 aromatic carbocycles. The van der Waals surface area contributed by atoms with Crippen molar-refractivity contribution in [1.82, 2.24) is 14.3 Å². The zero-order valence-corrected chi connectivity index (χ0v) is 19.2. The van der Waals surface area contributed by atoms with E-state index in [0.29, 0.717) is 15.7 Å². The molecule has 0 aliphatic carbocycles. The van der Waals surface area contributed by atoms with Gasteiger partial charge in [0, 0.05) is 24.8 Å². The lowest BCUT2D eigenvalue weighted by Gasteiger charge is -2.21. The molecule has 2 aromatic heterocycles. The van der Waals surface area contributed by atoms with Crippen LogP contribution in [0.15, 0.2) is 43.1 Å². The van der Waals surface area contributed by atoms with Crippen molar-refractivity contribution in [2.45, 2.75) is 40.0 Å². The molecular formula is C24H27Cl2N3O. The lowest BCUT2D eigenvalue weighted by Crippen LogP contribution is -2.34. The van der Waals surface area contributed by atoms with Crippen LogP contribution in [-0.4, -0.2) is 33.3 Å². The summed E-state index contributed by atoms with van der Waals surface area (Å²) >= 11 is 12.7. The fourth-order valence-corrected chi connectivity index (χ4v) is 4.10. The molecule has 0 saturated heterocycles. The number of aromatic nitrogens is 2. The number of pyridine rings is 1. The average Bonchev–Trinajstić information content (AvgIpc) is 3.06. The Kier molecular flexibility index (Phi) is 7.22. The van der Waals surface area contributed by atoms with Crippen LogP contribution < -0.4 is 0 Å². The maximum absolute atomic E-state index is 13.1. The second kappa shape index (κ2) is 9.67. The van der Waals surface area contributed by atoms with E-state index in [2.05, 4.69) is 20.4 Å². The van der Waals surface area contributed by atoms with E-state index in [4.69, 9.17) is 28.2 Å². The molecule has 0 radical (unpaired) electrons. The van der Waals surface area contributed by atoms with Crippen molar-refractivity contribution in [3.05, 3.63) is 64.4 Å². The molecule has 30 heavy (non-hydrogen) atoms. The predicted molar refractivity (Wildman–Crippen MR) is 126 cm³/mol. The van der Waals surface area contributed by atoms with Crippen molar-refractivity contribution < 1.29 is 4.79 Å². The van der Waals surface area contributed by atoms with Crippen molar-refractivity contribution in [3.8, 4) is 11.3 Å². The molecule has 1 amide bonds. The number of amides is 1. The summed E-state index contributed by atoms with van der Waals surface area (Å²) in [5.41, 5.74) is 5.12. The number of carbonyl (C=O) groups is 1. The fraction of sp³-hybridized carbons (Fsp3) is 0.333. The summed E-state index contributed by atoms with van der Waals surface area (Å²) in [4.78, 5) is 19.8. The molecule has 3 aromatic rings. The summed E-state index contributed by atoms with van der Waals surface area (Å²) in [5.74, 6) is 0.0800. The highest BCUT2D eigenvalue weighted by molar-refractivity contribution is 6.36. The monoisotopic (exact) mass is 443 g/mol. The summed E-state index contributed by atoms with van der Waals surface area (Å²) in [6, 6.07) is 9.71. The Morgan fingerprint density at radius 3 is 2.33 bits per heavy atom. The predicted octanol–water partition coefficient (Wildman–Crippen LogP) is 6.53. The molecule has 0 saturated carbocycles. The van der Waals surface area contributed by atoms with Crippen LogP contribution in [0.4, 0.5) is 0 Å². The first-order chi connectivity index (χ1) is 14.3. The van der Waals surface area contributed by atoms with Gasteiger partial charge >= 0.3 is 0 Å². The van der Waals surface area contributed by atoms with Crippen LogP contribution in [0.5, 0.6) is 0 Å². The normalized spacial score (nSPS) is 11.1. The largest absolute Gasteiger partial charge is 0.342 e. The Hall–Kier alpha value is -2.30. The van der Waals surface area contributed by atoms with Gasteiger partial charge in [0.15, 0.2) is 5.65 Å². The Bertz CT molecular complexity index is 1060. The first-order valence-corrected chi connectivity index (χ1v) is 11.0. The summed E-state index contributed by atoms with van der Waals surface area (Å²) in [6.45, 7) is 11.6. The van der Waals surface area contributed by atoms with Gasteiger partial charge in [0.25, 0.3) is 0 Å². The van der Waals surface area contributed by atoms with E-state index >= 15 is 0 Å². The number of allylic oxidation sites excluding steroid dienone is 1. The van der Waals surface area contributed by atoms with Gasteiger partial charge in [0.2, 0.25) is 5.91 Å². The maximum Gasteiger partial charge on any atom is 0.228 e. The summed E-state index contributed by atoms with van der Waals surface area (Å²) in [6.07, 6.45) is 3.85. The second-order valence-corrected chi connectivity index (χ2v) is 8.37. The average molecular weight is 444 g/mol. The molecule has 3 rings (SSSR count). The number of hydrogen-bond donors (Lipinski definition) is 0. The second-order valence-electron chi connectivity index (χ2n) is 7.52. The molecule has 0 aliphatic heterocycles. The number of halogens is 2. The maximum atomic E-state index is 13.1. The van der Waals surface area contributed by atoms with Gasteiger partial charge in [0.05, 0.1) is 27.9 Å². The highest BCUT2D eigenvalue weighted by Gasteiger charge is 2.21. The molecule has 0 spiro atoms. The third-order valence-corrected chi connectivity index (χ3v) is 5.54. The number of rotatable bonds is 8. The van der Waals surface area contributed by atoms with Crippen molar-refractivity contribution in [3.63, 3.8) is 0 Å². The number of carbonyl (C=O) groups excluding carboxylic acids is 1. The Balaban J connectivity index is 2.11. The van der Waals surface area contributed by atoms with E-state index in [1.54, 1.807) is 12.3 Å². The van der Waals surface area contributed by atoms with Crippen LogP contribution in [0, 0.1) is 0 Å². The van der Waals surface area contributed by atoms with Gasteiger partial charge < -0.3 is 9.30 Å². The lowest BCUT2D eigenvalue weighted by molar-refractivity contribution is -0.130. The molecular weight excluding hydrogens is 417 g/mol. The quantitative estimate of drug-likeness (QED) is 0.396. The van der Waals surface area contributed by atoms with E-state index in [-0.39, 0.29) is 12.3 Å². The lowest BCUT2D eigenvalue weighted by atomic mass is 10.0. The topological polar surface area (TPSA) is 37.6 Å². The van der Waals surface area contributed by atoms with Crippen LogP contribution in [0.1, 0.15) is 44.9 Å². The molecule has 158 valence electrons. The van der Waals surface area contributed by atoms with Crippen LogP contribution in [0.2, 0.25) is 10.0 Å². The summed E-state index contributed by atoms with van der Waals surface area (Å²) in [7, 11) is 0. The van der Waals surface area contributed by atoms with Gasteiger partial charge in [-0.1, -0.05) is 73.5 Å². The van der Waals surface area contributed by atoms with Crippen molar-refractivity contribution in [1.29, 1.82) is 0 Å². The molecule has 0 bridgehead atoms. The minimum absolute atomic E-state index is 0.0800. The smallest absolute Gasteiger partial charge is 0.228 e. The van der Waals surface area contributed by atoms with E-state index in [0.717, 1.165) is 54.0 Å². The first kappa shape index (κ1) is 22.4. The Morgan fingerprint density at radius 1 is 1.13 bits per heavy atom. The van der Waals surface area contributed by atoms with Crippen LogP contribution in [-0.2, 0) is 11.2 Å². The molecule has 6 heteroatoms. The minimum Gasteiger partial charge on any atom is -0.342 e. The molecule has 0 aliphatic rings. The Morgan fingerprint density at radius 2 is 1.77 bits per heavy atom. The van der Waals surface area contributed by atoms with Gasteiger partial charge in [-0.2, -0.15) is 0 Å². The number of nitrogens with zero attached hydrogens (tertiary/aromatic N) is 3. The summed E-state index contributed by atoms with van der Waals surface area (Å²) in [5, 5.41) is 0.960. The molecule has 4 nitrogen and oxygen atoms in total. The molecule has 0 unspecified atom stereocenters. The third-order valence-electron chi connectivity index (χ3n) is 5.05. The number of imidazole rings is 1. The Labute approximate surface area is 188 Å². The van der Waals surface area contributed by atoms with Crippen molar-refractivity contribution in [2.24, 2.45) is 0 Å². The molecule has 0 atom stereocenters. The highest BCUT2D eigenvalue weighted by atomic mass is 35.5. The molecule has 0 N–H and O–H groups in total. The standard InChI is InChI=1S/C24H27Cl2N3O/c1-5-11-28(12-6-2)22(30)14-21-23(18-9-7-17(8-10-18)16(3)4)27-24-20(26)13-19(25)15-29(21)24/h7-10,13,15H,3,5-6,11-12,14H2,1-2,4H3. The molecule has 2 heterocycles. The summed E-state index contributed by atoms with van der Waals surface area (Å²) < 4.78 is 1.85. The van der Waals surface area contributed by atoms with Gasteiger partial charge in [-0.25, -0.2) is 4.98 Å². The zero-order valence-electron chi connectivity index (χ0n) is 17.7. The highest BCUT2D eigenvalue weighted by Crippen LogP contribution is 2.31. The van der Waals surface area contributed by atoms with Gasteiger partial charge in [0.1, 0.15) is 0 Å². The van der Waals surface area contributed by atoms with Gasteiger partial charge in [-0.15, -0.1) is 0 Å². The van der Waals surface area contributed by atoms with E-state index in [9.17, 15) is 4.79 Å². The SMILES string of the molecule is C=C(C)c1ccc(-c2nc3c(Cl)cc(Cl)cn3c2CC(=O)N(CCC)CCC)cc1. The molecule has 0 fully saturated rings. The van der Waals surface area contributed by atoms with Crippen molar-refractivity contribution >= 4 is 40.3 Å². The zero-order chi connectivity index (χ0) is 21.8. The minimum atomic E-state index is 0.0800. The van der Waals surface area contributed by atoms with Crippen LogP contribution in [0.3, 0.4) is 0 Å². The number of fused-ring (bicyclic) bond motifs is 1. The van der Waals surface area contributed by atoms with Crippen LogP contribution >= 0.6 is 23.2 Å². The third kappa shape index (κ3) is 4.71. The van der Waals surface area contributed by atoms with E-state index in [1.807, 2.05) is 40.5 Å². The van der Waals surface area contributed by atoms with E-state index < -0.39 is 0 Å². The van der Waals surface area contributed by atoms with Crippen molar-refractivity contribution in [2.75, 3.05) is 13.1 Å². The van der Waals surface area contributed by atoms with E-state index in [1.165, 1.54) is 0 Å².